The summed E-state index contributed by atoms with van der Waals surface area (Å²) < 4.78 is 2.60. The Bertz CT molecular complexity index is 2530. The zero-order chi connectivity index (χ0) is 30.5. The van der Waals surface area contributed by atoms with Crippen molar-refractivity contribution in [2.75, 3.05) is 4.90 Å². The van der Waals surface area contributed by atoms with Crippen LogP contribution in [-0.4, -0.2) is 0 Å². The first kappa shape index (κ1) is 26.7. The predicted molar refractivity (Wildman–Crippen MR) is 200 cm³/mol. The van der Waals surface area contributed by atoms with Crippen molar-refractivity contribution in [1.82, 2.24) is 0 Å². The lowest BCUT2D eigenvalue weighted by atomic mass is 9.98. The van der Waals surface area contributed by atoms with Gasteiger partial charge in [0.2, 0.25) is 0 Å². The zero-order valence-corrected chi connectivity index (χ0v) is 25.9. The van der Waals surface area contributed by atoms with Gasteiger partial charge < -0.3 is 4.90 Å². The monoisotopic (exact) mass is 603 g/mol. The molecular formula is C44H29NS. The second kappa shape index (κ2) is 11.0. The maximum Gasteiger partial charge on any atom is 0.0718 e. The molecule has 2 heteroatoms. The van der Waals surface area contributed by atoms with Crippen LogP contribution in [0.15, 0.2) is 176 Å². The number of hydrogen-bond acceptors (Lipinski definition) is 2. The van der Waals surface area contributed by atoms with Crippen molar-refractivity contribution in [3.63, 3.8) is 0 Å². The van der Waals surface area contributed by atoms with E-state index in [0.29, 0.717) is 0 Å². The quantitative estimate of drug-likeness (QED) is 0.189. The number of anilines is 3. The molecule has 46 heavy (non-hydrogen) atoms. The van der Waals surface area contributed by atoms with Gasteiger partial charge in [0.15, 0.2) is 0 Å². The van der Waals surface area contributed by atoms with E-state index in [2.05, 4.69) is 181 Å². The van der Waals surface area contributed by atoms with E-state index in [4.69, 9.17) is 0 Å². The normalized spacial score (nSPS) is 11.5. The third-order valence-corrected chi connectivity index (χ3v) is 10.2. The maximum absolute atomic E-state index is 2.49. The number of benzene rings is 8. The molecule has 0 saturated carbocycles. The van der Waals surface area contributed by atoms with Gasteiger partial charge >= 0.3 is 0 Å². The molecule has 0 radical (unpaired) electrons. The fraction of sp³-hybridized carbons (Fsp3) is 0. The molecule has 216 valence electrons. The van der Waals surface area contributed by atoms with Crippen LogP contribution < -0.4 is 4.90 Å². The summed E-state index contributed by atoms with van der Waals surface area (Å²) in [5, 5.41) is 7.59. The molecule has 0 amide bonds. The largest absolute Gasteiger partial charge is 0.308 e. The van der Waals surface area contributed by atoms with E-state index >= 15 is 0 Å². The van der Waals surface area contributed by atoms with Gasteiger partial charge in [-0.1, -0.05) is 140 Å². The van der Waals surface area contributed by atoms with Gasteiger partial charge in [0.05, 0.1) is 16.1 Å². The molecule has 1 aromatic heterocycles. The molecular weight excluding hydrogens is 575 g/mol. The van der Waals surface area contributed by atoms with Crippen LogP contribution in [0.2, 0.25) is 0 Å². The third-order valence-electron chi connectivity index (χ3n) is 9.03. The van der Waals surface area contributed by atoms with Gasteiger partial charge in [0.25, 0.3) is 0 Å². The molecule has 0 fully saturated rings. The van der Waals surface area contributed by atoms with Gasteiger partial charge in [-0.05, 0) is 69.2 Å². The number of nitrogens with zero attached hydrogens (tertiary/aromatic N) is 1. The Morgan fingerprint density at radius 2 is 1.04 bits per heavy atom. The summed E-state index contributed by atoms with van der Waals surface area (Å²) in [4.78, 5) is 2.49. The second-order valence-corrected chi connectivity index (χ2v) is 12.8. The summed E-state index contributed by atoms with van der Waals surface area (Å²) >= 11 is 1.88. The highest BCUT2D eigenvalue weighted by Crippen LogP contribution is 2.50. The van der Waals surface area contributed by atoms with Crippen molar-refractivity contribution in [1.29, 1.82) is 0 Å². The fourth-order valence-corrected chi connectivity index (χ4v) is 8.05. The minimum Gasteiger partial charge on any atom is -0.308 e. The van der Waals surface area contributed by atoms with Crippen LogP contribution in [0, 0.1) is 0 Å². The second-order valence-electron chi connectivity index (χ2n) is 11.7. The summed E-state index contributed by atoms with van der Waals surface area (Å²) in [5.74, 6) is 0. The van der Waals surface area contributed by atoms with E-state index in [0.717, 1.165) is 11.4 Å². The topological polar surface area (TPSA) is 3.24 Å². The fourth-order valence-electron chi connectivity index (χ4n) is 6.81. The lowest BCUT2D eigenvalue weighted by Crippen LogP contribution is -2.12. The van der Waals surface area contributed by atoms with Crippen LogP contribution in [0.5, 0.6) is 0 Å². The van der Waals surface area contributed by atoms with Crippen molar-refractivity contribution in [3.05, 3.63) is 176 Å². The molecule has 1 nitrogen and oxygen atoms in total. The molecule has 0 saturated heterocycles. The number of hydrogen-bond donors (Lipinski definition) is 0. The smallest absolute Gasteiger partial charge is 0.0718 e. The van der Waals surface area contributed by atoms with Gasteiger partial charge in [-0.2, -0.15) is 0 Å². The molecule has 1 heterocycles. The van der Waals surface area contributed by atoms with Crippen LogP contribution in [0.25, 0.3) is 64.0 Å². The number of fused-ring (bicyclic) bond motifs is 5. The molecule has 8 aromatic carbocycles. The Hall–Kier alpha value is -5.70. The van der Waals surface area contributed by atoms with Crippen molar-refractivity contribution in [2.24, 2.45) is 0 Å². The van der Waals surface area contributed by atoms with Crippen LogP contribution in [0.1, 0.15) is 0 Å². The minimum atomic E-state index is 1.13. The van der Waals surface area contributed by atoms with Crippen LogP contribution in [0.3, 0.4) is 0 Å². The SMILES string of the molecule is c1ccc(-c2ccccc2N(c2ccc(-c3ccc4ccccc4c3)cc2)c2c3ccccc3cc3c2sc2ccccc23)cc1. The van der Waals surface area contributed by atoms with Crippen molar-refractivity contribution < 1.29 is 0 Å². The van der Waals surface area contributed by atoms with Gasteiger partial charge in [0, 0.05) is 32.1 Å². The first-order valence-corrected chi connectivity index (χ1v) is 16.5. The van der Waals surface area contributed by atoms with Crippen LogP contribution in [0.4, 0.5) is 17.1 Å². The number of thiophene rings is 1. The van der Waals surface area contributed by atoms with Crippen LogP contribution >= 0.6 is 11.3 Å². The number of para-hydroxylation sites is 1. The molecule has 0 bridgehead atoms. The van der Waals surface area contributed by atoms with E-state index < -0.39 is 0 Å². The van der Waals surface area contributed by atoms with Gasteiger partial charge in [0.1, 0.15) is 0 Å². The summed E-state index contributed by atoms with van der Waals surface area (Å²) in [6.45, 7) is 0. The highest BCUT2D eigenvalue weighted by Gasteiger charge is 2.23. The Labute approximate surface area is 272 Å². The molecule has 0 unspecified atom stereocenters. The third kappa shape index (κ3) is 4.46. The number of rotatable bonds is 5. The summed E-state index contributed by atoms with van der Waals surface area (Å²) in [7, 11) is 0. The van der Waals surface area contributed by atoms with Crippen molar-refractivity contribution in [2.45, 2.75) is 0 Å². The first-order valence-electron chi connectivity index (χ1n) is 15.7. The lowest BCUT2D eigenvalue weighted by Gasteiger charge is -2.30. The van der Waals surface area contributed by atoms with Crippen LogP contribution in [-0.2, 0) is 0 Å². The Kier molecular flexibility index (Phi) is 6.40. The Morgan fingerprint density at radius 1 is 0.391 bits per heavy atom. The van der Waals surface area contributed by atoms with E-state index in [1.54, 1.807) is 0 Å². The average Bonchev–Trinajstić information content (AvgIpc) is 3.50. The maximum atomic E-state index is 2.49. The van der Waals surface area contributed by atoms with Crippen molar-refractivity contribution in [3.8, 4) is 22.3 Å². The predicted octanol–water partition coefficient (Wildman–Crippen LogP) is 13.2. The summed E-state index contributed by atoms with van der Waals surface area (Å²) in [6, 6.07) is 63.9. The summed E-state index contributed by atoms with van der Waals surface area (Å²) in [6.07, 6.45) is 0. The molecule has 0 aliphatic rings. The van der Waals surface area contributed by atoms with Gasteiger partial charge in [-0.25, -0.2) is 0 Å². The van der Waals surface area contributed by atoms with E-state index in [1.807, 2.05) is 11.3 Å². The highest BCUT2D eigenvalue weighted by molar-refractivity contribution is 7.26. The van der Waals surface area contributed by atoms with Crippen molar-refractivity contribution >= 4 is 70.1 Å². The first-order chi connectivity index (χ1) is 22.8. The Balaban J connectivity index is 1.32. The molecule has 0 aliphatic carbocycles. The minimum absolute atomic E-state index is 1.13. The van der Waals surface area contributed by atoms with Gasteiger partial charge in [-0.3, -0.25) is 0 Å². The average molecular weight is 604 g/mol. The molecule has 0 atom stereocenters. The van der Waals surface area contributed by atoms with Gasteiger partial charge in [-0.15, -0.1) is 11.3 Å². The standard InChI is InChI=1S/C44H29NS/c1-2-13-32(14-3-1)37-17-8-10-20-41(37)45(36-26-24-31(25-27-36)34-23-22-30-12-4-5-15-33(30)28-34)43-38-18-7-6-16-35(38)29-40-39-19-9-11-21-42(39)46-44(40)43/h1-29H. The molecule has 0 N–H and O–H groups in total. The summed E-state index contributed by atoms with van der Waals surface area (Å²) in [5.41, 5.74) is 8.32. The van der Waals surface area contributed by atoms with E-state index in [-0.39, 0.29) is 0 Å². The lowest BCUT2D eigenvalue weighted by molar-refractivity contribution is 1.31. The molecule has 9 rings (SSSR count). The van der Waals surface area contributed by atoms with E-state index in [9.17, 15) is 0 Å². The molecule has 0 aliphatic heterocycles. The van der Waals surface area contributed by atoms with E-state index in [1.165, 1.54) is 69.7 Å². The zero-order valence-electron chi connectivity index (χ0n) is 25.1. The Morgan fingerprint density at radius 3 is 1.89 bits per heavy atom. The highest BCUT2D eigenvalue weighted by atomic mass is 32.1. The molecule has 9 aromatic rings. The molecule has 0 spiro atoms.